The third kappa shape index (κ3) is 10.7. The lowest BCUT2D eigenvalue weighted by Crippen LogP contribution is -2.04. The number of rotatable bonds is 8. The number of Topliss-reactive ketones (excluding diaryl/α,β-unsaturated/α-hetero) is 1. The Bertz CT molecular complexity index is 460. The molecular weight excluding hydrogens is 288 g/mol. The summed E-state index contributed by atoms with van der Waals surface area (Å²) >= 11 is 0. The summed E-state index contributed by atoms with van der Waals surface area (Å²) in [6, 6.07) is 9.19. The molecule has 1 rings (SSSR count). The van der Waals surface area contributed by atoms with Gasteiger partial charge in [0, 0.05) is 6.42 Å². The maximum Gasteiger partial charge on any atom is 0.310 e. The van der Waals surface area contributed by atoms with Gasteiger partial charge in [0.25, 0.3) is 0 Å². The normalized spacial score (nSPS) is 11.6. The molecule has 0 heterocycles. The first-order valence-electron chi connectivity index (χ1n) is 8.62. The van der Waals surface area contributed by atoms with Crippen molar-refractivity contribution in [1.29, 1.82) is 0 Å². The minimum Gasteiger partial charge on any atom is -0.481 e. The molecule has 1 aromatic rings. The van der Waals surface area contributed by atoms with Gasteiger partial charge in [-0.15, -0.1) is 0 Å². The van der Waals surface area contributed by atoms with E-state index in [1.807, 2.05) is 0 Å². The first-order chi connectivity index (χ1) is 10.8. The highest BCUT2D eigenvalue weighted by Crippen LogP contribution is 2.21. The minimum absolute atomic E-state index is 0.225. The van der Waals surface area contributed by atoms with Crippen molar-refractivity contribution in [2.45, 2.75) is 72.6 Å². The lowest BCUT2D eigenvalue weighted by Gasteiger charge is -2.11. The van der Waals surface area contributed by atoms with Crippen molar-refractivity contribution in [3.05, 3.63) is 35.4 Å². The van der Waals surface area contributed by atoms with E-state index in [1.54, 1.807) is 6.92 Å². The first-order valence-corrected chi connectivity index (χ1v) is 8.62. The molecule has 0 aliphatic rings. The molecule has 0 amide bonds. The number of ketones is 1. The van der Waals surface area contributed by atoms with Crippen LogP contribution in [-0.2, 0) is 16.0 Å². The zero-order valence-electron chi connectivity index (χ0n) is 15.3. The number of carboxylic acids is 1. The van der Waals surface area contributed by atoms with Gasteiger partial charge in [-0.1, -0.05) is 65.3 Å². The summed E-state index contributed by atoms with van der Waals surface area (Å²) < 4.78 is 0. The Morgan fingerprint density at radius 1 is 1.04 bits per heavy atom. The topological polar surface area (TPSA) is 54.4 Å². The molecule has 0 radical (unpaired) electrons. The molecule has 0 saturated carbocycles. The van der Waals surface area contributed by atoms with E-state index in [9.17, 15) is 9.59 Å². The van der Waals surface area contributed by atoms with E-state index in [-0.39, 0.29) is 12.2 Å². The summed E-state index contributed by atoms with van der Waals surface area (Å²) in [5, 5.41) is 7.99. The maximum absolute atomic E-state index is 10.2. The standard InChI is InChI=1S/C15H24.C5H8O3/c1-5-6-13(4)15-9-7-14(8-10-15)11-12(2)3;1-2-4(6)3-5(7)8/h7-10,12-13H,5-6,11H2,1-4H3;2-3H2,1H3,(H,7,8)/t13-;/m1./s1. The molecule has 1 N–H and O–H groups in total. The van der Waals surface area contributed by atoms with Crippen molar-refractivity contribution in [2.75, 3.05) is 0 Å². The predicted octanol–water partition coefficient (Wildman–Crippen LogP) is 5.23. The zero-order valence-corrected chi connectivity index (χ0v) is 15.3. The molecule has 0 aliphatic heterocycles. The second-order valence-corrected chi connectivity index (χ2v) is 6.49. The summed E-state index contributed by atoms with van der Waals surface area (Å²) in [7, 11) is 0. The minimum atomic E-state index is -1.04. The second kappa shape index (κ2) is 11.9. The van der Waals surface area contributed by atoms with Gasteiger partial charge in [-0.05, 0) is 35.8 Å². The van der Waals surface area contributed by atoms with Crippen LogP contribution in [0.2, 0.25) is 0 Å². The molecule has 0 aromatic heterocycles. The van der Waals surface area contributed by atoms with Crippen LogP contribution in [0.15, 0.2) is 24.3 Å². The van der Waals surface area contributed by atoms with E-state index in [2.05, 4.69) is 52.0 Å². The number of carbonyl (C=O) groups excluding carboxylic acids is 1. The van der Waals surface area contributed by atoms with Gasteiger partial charge in [0.15, 0.2) is 0 Å². The fourth-order valence-electron chi connectivity index (χ4n) is 2.35. The second-order valence-electron chi connectivity index (χ2n) is 6.49. The quantitative estimate of drug-likeness (QED) is 0.667. The van der Waals surface area contributed by atoms with Crippen molar-refractivity contribution in [3.63, 3.8) is 0 Å². The summed E-state index contributed by atoms with van der Waals surface area (Å²) in [6.07, 6.45) is 3.74. The Labute approximate surface area is 141 Å². The Balaban J connectivity index is 0.000000515. The highest BCUT2D eigenvalue weighted by atomic mass is 16.4. The fourth-order valence-corrected chi connectivity index (χ4v) is 2.35. The number of hydrogen-bond acceptors (Lipinski definition) is 2. The predicted molar refractivity (Wildman–Crippen MR) is 95.9 cm³/mol. The van der Waals surface area contributed by atoms with Gasteiger partial charge < -0.3 is 5.11 Å². The summed E-state index contributed by atoms with van der Waals surface area (Å²) in [6.45, 7) is 10.8. The van der Waals surface area contributed by atoms with Crippen molar-refractivity contribution in [3.8, 4) is 0 Å². The highest BCUT2D eigenvalue weighted by molar-refractivity contribution is 5.94. The Kier molecular flexibility index (Phi) is 11.0. The molecular formula is C20H32O3. The van der Waals surface area contributed by atoms with E-state index in [1.165, 1.54) is 30.4 Å². The number of hydrogen-bond donors (Lipinski definition) is 1. The average Bonchev–Trinajstić information content (AvgIpc) is 2.47. The smallest absolute Gasteiger partial charge is 0.310 e. The first kappa shape index (κ1) is 21.4. The number of carbonyl (C=O) groups is 2. The molecule has 3 heteroatoms. The highest BCUT2D eigenvalue weighted by Gasteiger charge is 2.04. The van der Waals surface area contributed by atoms with Gasteiger partial charge in [-0.25, -0.2) is 0 Å². The van der Waals surface area contributed by atoms with E-state index < -0.39 is 5.97 Å². The van der Waals surface area contributed by atoms with Gasteiger partial charge in [0.2, 0.25) is 0 Å². The molecule has 0 spiro atoms. The van der Waals surface area contributed by atoms with Crippen LogP contribution in [0.1, 0.15) is 77.3 Å². The van der Waals surface area contributed by atoms with Crippen molar-refractivity contribution in [1.82, 2.24) is 0 Å². The van der Waals surface area contributed by atoms with Gasteiger partial charge in [0.05, 0.1) is 0 Å². The van der Waals surface area contributed by atoms with Gasteiger partial charge in [-0.3, -0.25) is 9.59 Å². The third-order valence-corrected chi connectivity index (χ3v) is 3.66. The molecule has 23 heavy (non-hydrogen) atoms. The number of aliphatic carboxylic acids is 1. The van der Waals surface area contributed by atoms with Crippen LogP contribution in [-0.4, -0.2) is 16.9 Å². The fraction of sp³-hybridized carbons (Fsp3) is 0.600. The van der Waals surface area contributed by atoms with Gasteiger partial charge >= 0.3 is 5.97 Å². The van der Waals surface area contributed by atoms with E-state index in [0.29, 0.717) is 12.3 Å². The average molecular weight is 320 g/mol. The largest absolute Gasteiger partial charge is 0.481 e. The van der Waals surface area contributed by atoms with Gasteiger partial charge in [-0.2, -0.15) is 0 Å². The molecule has 0 aliphatic carbocycles. The van der Waals surface area contributed by atoms with Crippen LogP contribution in [0.4, 0.5) is 0 Å². The molecule has 1 aromatic carbocycles. The molecule has 130 valence electrons. The van der Waals surface area contributed by atoms with Crippen LogP contribution in [0.3, 0.4) is 0 Å². The monoisotopic (exact) mass is 320 g/mol. The number of carboxylic acid groups (broad SMARTS) is 1. The van der Waals surface area contributed by atoms with E-state index in [0.717, 1.165) is 5.92 Å². The molecule has 0 unspecified atom stereocenters. The van der Waals surface area contributed by atoms with Crippen LogP contribution >= 0.6 is 0 Å². The zero-order chi connectivity index (χ0) is 17.8. The van der Waals surface area contributed by atoms with Crippen LogP contribution in [0.5, 0.6) is 0 Å². The molecule has 0 fully saturated rings. The third-order valence-electron chi connectivity index (χ3n) is 3.66. The summed E-state index contributed by atoms with van der Waals surface area (Å²) in [4.78, 5) is 20.0. The SMILES string of the molecule is CCC(=O)CC(=O)O.CCC[C@@H](C)c1ccc(CC(C)C)cc1. The van der Waals surface area contributed by atoms with Crippen molar-refractivity contribution >= 4 is 11.8 Å². The van der Waals surface area contributed by atoms with Crippen LogP contribution in [0.25, 0.3) is 0 Å². The van der Waals surface area contributed by atoms with Crippen molar-refractivity contribution < 1.29 is 14.7 Å². The number of benzene rings is 1. The Morgan fingerprint density at radius 3 is 1.96 bits per heavy atom. The maximum atomic E-state index is 10.2. The summed E-state index contributed by atoms with van der Waals surface area (Å²) in [5.41, 5.74) is 2.96. The Morgan fingerprint density at radius 2 is 1.61 bits per heavy atom. The molecule has 0 saturated heterocycles. The molecule has 3 nitrogen and oxygen atoms in total. The van der Waals surface area contributed by atoms with Crippen molar-refractivity contribution in [2.24, 2.45) is 5.92 Å². The summed E-state index contributed by atoms with van der Waals surface area (Å²) in [5.74, 6) is 0.196. The Hall–Kier alpha value is -1.64. The lowest BCUT2D eigenvalue weighted by molar-refractivity contribution is -0.140. The molecule has 1 atom stereocenters. The van der Waals surface area contributed by atoms with E-state index >= 15 is 0 Å². The lowest BCUT2D eigenvalue weighted by atomic mass is 9.94. The van der Waals surface area contributed by atoms with E-state index in [4.69, 9.17) is 5.11 Å². The van der Waals surface area contributed by atoms with Crippen LogP contribution < -0.4 is 0 Å². The van der Waals surface area contributed by atoms with Crippen LogP contribution in [0, 0.1) is 5.92 Å². The molecule has 0 bridgehead atoms. The van der Waals surface area contributed by atoms with Gasteiger partial charge in [0.1, 0.15) is 12.2 Å².